The monoisotopic (exact) mass is 466 g/mol. The van der Waals surface area contributed by atoms with Crippen LogP contribution < -0.4 is 10.6 Å². The first-order chi connectivity index (χ1) is 12.3. The van der Waals surface area contributed by atoms with Gasteiger partial charge in [-0.25, -0.2) is 4.98 Å². The van der Waals surface area contributed by atoms with Crippen LogP contribution in [0, 0.1) is 0 Å². The van der Waals surface area contributed by atoms with Crippen LogP contribution in [0.3, 0.4) is 0 Å². The van der Waals surface area contributed by atoms with E-state index in [9.17, 15) is 0 Å². The maximum Gasteiger partial charge on any atom is 0.226 e. The third kappa shape index (κ3) is 6.16. The average Bonchev–Trinajstić information content (AvgIpc) is 3.15. The Morgan fingerprint density at radius 2 is 2.04 bits per heavy atom. The normalized spacial score (nSPS) is 14.3. The number of guanidine groups is 1. The van der Waals surface area contributed by atoms with Crippen molar-refractivity contribution in [1.82, 2.24) is 15.6 Å². The lowest BCUT2D eigenvalue weighted by molar-refractivity contribution is 0.572. The van der Waals surface area contributed by atoms with Crippen molar-refractivity contribution in [2.45, 2.75) is 38.6 Å². The molecule has 3 rings (SSSR count). The molecule has 1 aliphatic rings. The van der Waals surface area contributed by atoms with E-state index in [4.69, 9.17) is 4.42 Å². The standard InChI is InChI=1S/C20H26N4O.HI/c1-21-20(22-13-12-16-8-4-2-5-9-16)23-14-18-15-25-19(24-18)17-10-6-3-7-11-17;/h3,6-8,10-11,15H,2,4-5,9,12-14H2,1H3,(H2,21,22,23);1H. The first kappa shape index (κ1) is 20.5. The van der Waals surface area contributed by atoms with Crippen molar-refractivity contribution < 1.29 is 4.42 Å². The Bertz CT molecular complexity index is 724. The van der Waals surface area contributed by atoms with E-state index in [0.717, 1.165) is 30.2 Å². The fourth-order valence-electron chi connectivity index (χ4n) is 2.97. The highest BCUT2D eigenvalue weighted by Crippen LogP contribution is 2.19. The number of nitrogens with one attached hydrogen (secondary N) is 2. The largest absolute Gasteiger partial charge is 0.444 e. The highest BCUT2D eigenvalue weighted by Gasteiger charge is 2.07. The molecule has 26 heavy (non-hydrogen) atoms. The molecule has 0 radical (unpaired) electrons. The predicted molar refractivity (Wildman–Crippen MR) is 117 cm³/mol. The highest BCUT2D eigenvalue weighted by atomic mass is 127. The van der Waals surface area contributed by atoms with Gasteiger partial charge in [0, 0.05) is 19.2 Å². The number of aliphatic imine (C=N–C) groups is 1. The van der Waals surface area contributed by atoms with Crippen LogP contribution in [0.25, 0.3) is 11.5 Å². The summed E-state index contributed by atoms with van der Waals surface area (Å²) in [7, 11) is 1.79. The second-order valence-corrected chi connectivity index (χ2v) is 6.22. The molecule has 1 aromatic carbocycles. The van der Waals surface area contributed by atoms with E-state index in [1.807, 2.05) is 30.3 Å². The second-order valence-electron chi connectivity index (χ2n) is 6.22. The fourth-order valence-corrected chi connectivity index (χ4v) is 2.97. The number of nitrogens with zero attached hydrogens (tertiary/aromatic N) is 2. The Kier molecular flexibility index (Phi) is 8.67. The molecule has 0 bridgehead atoms. The molecule has 2 N–H and O–H groups in total. The number of rotatable bonds is 6. The van der Waals surface area contributed by atoms with Crippen molar-refractivity contribution in [3.05, 3.63) is 53.9 Å². The van der Waals surface area contributed by atoms with Gasteiger partial charge in [0.1, 0.15) is 6.26 Å². The van der Waals surface area contributed by atoms with Gasteiger partial charge in [-0.2, -0.15) is 0 Å². The SMILES string of the molecule is CN=C(NCCC1=CCCCC1)NCc1coc(-c2ccccc2)n1.I. The fraction of sp³-hybridized carbons (Fsp3) is 0.400. The minimum Gasteiger partial charge on any atom is -0.444 e. The van der Waals surface area contributed by atoms with Crippen LogP contribution in [0.4, 0.5) is 0 Å². The first-order valence-corrected chi connectivity index (χ1v) is 8.97. The molecule has 0 aliphatic heterocycles. The zero-order valence-electron chi connectivity index (χ0n) is 15.2. The van der Waals surface area contributed by atoms with E-state index < -0.39 is 0 Å². The summed E-state index contributed by atoms with van der Waals surface area (Å²) >= 11 is 0. The molecule has 5 nitrogen and oxygen atoms in total. The summed E-state index contributed by atoms with van der Waals surface area (Å²) in [5.74, 6) is 1.44. The molecule has 0 unspecified atom stereocenters. The van der Waals surface area contributed by atoms with Crippen molar-refractivity contribution in [1.29, 1.82) is 0 Å². The molecule has 1 aromatic heterocycles. The van der Waals surface area contributed by atoms with Crippen LogP contribution in [0.5, 0.6) is 0 Å². The summed E-state index contributed by atoms with van der Waals surface area (Å²) in [4.78, 5) is 8.79. The summed E-state index contributed by atoms with van der Waals surface area (Å²) < 4.78 is 5.56. The molecule has 140 valence electrons. The maximum absolute atomic E-state index is 5.56. The van der Waals surface area contributed by atoms with Gasteiger partial charge in [0.2, 0.25) is 5.89 Å². The molecule has 1 heterocycles. The molecule has 0 spiro atoms. The van der Waals surface area contributed by atoms with E-state index in [1.54, 1.807) is 18.9 Å². The van der Waals surface area contributed by atoms with E-state index in [0.29, 0.717) is 12.4 Å². The number of hydrogen-bond donors (Lipinski definition) is 2. The molecule has 0 atom stereocenters. The van der Waals surface area contributed by atoms with Crippen molar-refractivity contribution in [3.8, 4) is 11.5 Å². The number of oxazole rings is 1. The minimum absolute atomic E-state index is 0. The summed E-state index contributed by atoms with van der Waals surface area (Å²) in [5.41, 5.74) is 3.41. The van der Waals surface area contributed by atoms with Crippen LogP contribution in [0.15, 0.2) is 57.7 Å². The summed E-state index contributed by atoms with van der Waals surface area (Å²) in [6.45, 7) is 1.48. The molecule has 1 aliphatic carbocycles. The molecule has 2 aromatic rings. The van der Waals surface area contributed by atoms with Gasteiger partial charge < -0.3 is 15.1 Å². The molecular formula is C20H27IN4O. The number of aromatic nitrogens is 1. The average molecular weight is 466 g/mol. The van der Waals surface area contributed by atoms with Gasteiger partial charge in [0.25, 0.3) is 0 Å². The molecular weight excluding hydrogens is 439 g/mol. The zero-order valence-corrected chi connectivity index (χ0v) is 17.5. The van der Waals surface area contributed by atoms with Crippen molar-refractivity contribution in [3.63, 3.8) is 0 Å². The number of benzene rings is 1. The zero-order chi connectivity index (χ0) is 17.3. The number of allylic oxidation sites excluding steroid dienone is 1. The maximum atomic E-state index is 5.56. The van der Waals surface area contributed by atoms with Crippen molar-refractivity contribution in [2.24, 2.45) is 4.99 Å². The lowest BCUT2D eigenvalue weighted by atomic mass is 9.97. The van der Waals surface area contributed by atoms with Crippen LogP contribution >= 0.6 is 24.0 Å². The van der Waals surface area contributed by atoms with Gasteiger partial charge in [0.15, 0.2) is 5.96 Å². The van der Waals surface area contributed by atoms with Gasteiger partial charge in [-0.1, -0.05) is 29.8 Å². The van der Waals surface area contributed by atoms with E-state index >= 15 is 0 Å². The van der Waals surface area contributed by atoms with E-state index in [2.05, 4.69) is 26.7 Å². The Balaban J connectivity index is 0.00000243. The van der Waals surface area contributed by atoms with E-state index in [-0.39, 0.29) is 24.0 Å². The Morgan fingerprint density at radius 1 is 1.19 bits per heavy atom. The molecule has 0 saturated carbocycles. The summed E-state index contributed by atoms with van der Waals surface area (Å²) in [6.07, 6.45) is 10.3. The molecule has 0 amide bonds. The number of hydrogen-bond acceptors (Lipinski definition) is 3. The van der Waals surface area contributed by atoms with Crippen molar-refractivity contribution >= 4 is 29.9 Å². The topological polar surface area (TPSA) is 62.5 Å². The van der Waals surface area contributed by atoms with Crippen LogP contribution in [0.1, 0.15) is 37.8 Å². The smallest absolute Gasteiger partial charge is 0.226 e. The molecule has 0 fully saturated rings. The lowest BCUT2D eigenvalue weighted by Crippen LogP contribution is -2.37. The van der Waals surface area contributed by atoms with E-state index in [1.165, 1.54) is 25.7 Å². The van der Waals surface area contributed by atoms with Gasteiger partial charge in [-0.05, 0) is 44.2 Å². The number of halogens is 1. The lowest BCUT2D eigenvalue weighted by Gasteiger charge is -2.14. The quantitative estimate of drug-likeness (QED) is 0.285. The van der Waals surface area contributed by atoms with Crippen LogP contribution in [0.2, 0.25) is 0 Å². The Hall–Kier alpha value is -1.83. The Morgan fingerprint density at radius 3 is 2.77 bits per heavy atom. The molecule has 6 heteroatoms. The van der Waals surface area contributed by atoms with Crippen molar-refractivity contribution in [2.75, 3.05) is 13.6 Å². The summed E-state index contributed by atoms with van der Waals surface area (Å²) in [5, 5.41) is 6.65. The Labute approximate surface area is 172 Å². The van der Waals surface area contributed by atoms with Gasteiger partial charge in [0.05, 0.1) is 12.2 Å². The van der Waals surface area contributed by atoms with Crippen LogP contribution in [-0.4, -0.2) is 24.5 Å². The molecule has 0 saturated heterocycles. The predicted octanol–water partition coefficient (Wildman–Crippen LogP) is 4.52. The van der Waals surface area contributed by atoms with Gasteiger partial charge in [-0.3, -0.25) is 4.99 Å². The third-order valence-electron chi connectivity index (χ3n) is 4.36. The highest BCUT2D eigenvalue weighted by molar-refractivity contribution is 14.0. The minimum atomic E-state index is 0. The second kappa shape index (κ2) is 11.0. The van der Waals surface area contributed by atoms with Gasteiger partial charge in [-0.15, -0.1) is 24.0 Å². The van der Waals surface area contributed by atoms with Crippen LogP contribution in [-0.2, 0) is 6.54 Å². The third-order valence-corrected chi connectivity index (χ3v) is 4.36. The first-order valence-electron chi connectivity index (χ1n) is 8.97. The van der Waals surface area contributed by atoms with Gasteiger partial charge >= 0.3 is 0 Å². The summed E-state index contributed by atoms with van der Waals surface area (Å²) in [6, 6.07) is 9.91.